The van der Waals surface area contributed by atoms with E-state index in [0.29, 0.717) is 0 Å². The van der Waals surface area contributed by atoms with Crippen LogP contribution in [-0.4, -0.2) is 48.7 Å². The van der Waals surface area contributed by atoms with Crippen molar-refractivity contribution in [3.05, 3.63) is 22.6 Å². The molecule has 3 heterocycles. The Labute approximate surface area is 136 Å². The van der Waals surface area contributed by atoms with Gasteiger partial charge in [-0.05, 0) is 19.9 Å². The highest BCUT2D eigenvalue weighted by molar-refractivity contribution is 5.76. The van der Waals surface area contributed by atoms with Crippen LogP contribution in [0.5, 0.6) is 0 Å². The number of hydrogen-bond donors (Lipinski definition) is 4. The Hall–Kier alpha value is -2.41. The molecule has 0 amide bonds. The minimum Gasteiger partial charge on any atom is -0.391 e. The third-order valence-electron chi connectivity index (χ3n) is 4.03. The molecule has 24 heavy (non-hydrogen) atoms. The average molecular weight is 336 g/mol. The number of H-pyrrole nitrogens is 1. The minimum atomic E-state index is -2.48. The first-order valence-corrected chi connectivity index (χ1v) is 7.30. The monoisotopic (exact) mass is 336 g/mol. The normalized spacial score (nSPS) is 31.0. The van der Waals surface area contributed by atoms with E-state index in [-0.39, 0.29) is 17.0 Å². The summed E-state index contributed by atoms with van der Waals surface area (Å²) in [5, 5.41) is 20.2. The van der Waals surface area contributed by atoms with Gasteiger partial charge >= 0.3 is 0 Å². The summed E-state index contributed by atoms with van der Waals surface area (Å²) in [6.07, 6.45) is -3.98. The van der Waals surface area contributed by atoms with Gasteiger partial charge in [0.25, 0.3) is 5.56 Å². The van der Waals surface area contributed by atoms with Crippen LogP contribution < -0.4 is 11.3 Å². The van der Waals surface area contributed by atoms with E-state index >= 15 is 4.39 Å². The molecule has 9 heteroatoms. The van der Waals surface area contributed by atoms with Crippen molar-refractivity contribution in [1.29, 1.82) is 0 Å². The Balaban J connectivity index is 2.20. The predicted octanol–water partition coefficient (Wildman–Crippen LogP) is -0.323. The molecule has 5 N–H and O–H groups in total. The minimum absolute atomic E-state index is 0.0969. The van der Waals surface area contributed by atoms with Gasteiger partial charge < -0.3 is 25.3 Å². The Kier molecular flexibility index (Phi) is 3.83. The van der Waals surface area contributed by atoms with Crippen LogP contribution in [0.15, 0.2) is 17.1 Å². The summed E-state index contributed by atoms with van der Waals surface area (Å²) in [7, 11) is 0. The van der Waals surface area contributed by atoms with Crippen molar-refractivity contribution >= 4 is 17.0 Å². The summed E-state index contributed by atoms with van der Waals surface area (Å²) in [6.45, 7) is 2.81. The van der Waals surface area contributed by atoms with Crippen LogP contribution in [0.3, 0.4) is 0 Å². The number of anilines is 1. The summed E-state index contributed by atoms with van der Waals surface area (Å²) in [5.41, 5.74) is 2.68. The molecule has 0 aliphatic carbocycles. The van der Waals surface area contributed by atoms with Gasteiger partial charge in [0.1, 0.15) is 12.2 Å². The topological polar surface area (TPSA) is 126 Å². The van der Waals surface area contributed by atoms with E-state index in [1.165, 1.54) is 30.7 Å². The second-order valence-electron chi connectivity index (χ2n) is 5.69. The molecule has 0 radical (unpaired) electrons. The molecule has 0 aromatic carbocycles. The maximum absolute atomic E-state index is 15.4. The number of aliphatic hydroxyl groups is 2. The van der Waals surface area contributed by atoms with Gasteiger partial charge in [0, 0.05) is 6.20 Å². The van der Waals surface area contributed by atoms with Crippen molar-refractivity contribution in [2.24, 2.45) is 0 Å². The van der Waals surface area contributed by atoms with Crippen molar-refractivity contribution in [2.45, 2.75) is 44.1 Å². The number of nitrogens with one attached hydrogen (secondary N) is 1. The van der Waals surface area contributed by atoms with Gasteiger partial charge in [-0.1, -0.05) is 5.92 Å². The highest BCUT2D eigenvalue weighted by atomic mass is 19.1. The number of nitrogens with two attached hydrogens (primary N) is 1. The van der Waals surface area contributed by atoms with E-state index in [4.69, 9.17) is 10.5 Å². The van der Waals surface area contributed by atoms with E-state index in [2.05, 4.69) is 21.8 Å². The van der Waals surface area contributed by atoms with Crippen LogP contribution >= 0.6 is 0 Å². The Morgan fingerprint density at radius 3 is 2.96 bits per heavy atom. The number of aliphatic hydroxyl groups excluding tert-OH is 2. The van der Waals surface area contributed by atoms with E-state index < -0.39 is 35.8 Å². The SMILES string of the molecule is CC#C[C@@]1(F)C(O)[C@@H]([C@H](C)O)O[C@H]1n1ccc2c(=O)[nH]c(N)nc21. The van der Waals surface area contributed by atoms with Gasteiger partial charge in [-0.25, -0.2) is 4.39 Å². The summed E-state index contributed by atoms with van der Waals surface area (Å²) in [6, 6.07) is 1.44. The van der Waals surface area contributed by atoms with Crippen molar-refractivity contribution in [2.75, 3.05) is 5.73 Å². The van der Waals surface area contributed by atoms with Crippen molar-refractivity contribution in [3.63, 3.8) is 0 Å². The van der Waals surface area contributed by atoms with E-state index in [0.717, 1.165) is 0 Å². The van der Waals surface area contributed by atoms with E-state index in [9.17, 15) is 15.0 Å². The van der Waals surface area contributed by atoms with Crippen molar-refractivity contribution in [1.82, 2.24) is 14.5 Å². The van der Waals surface area contributed by atoms with Gasteiger partial charge in [0.2, 0.25) is 11.6 Å². The number of aromatic amines is 1. The first-order chi connectivity index (χ1) is 11.3. The lowest BCUT2D eigenvalue weighted by Gasteiger charge is -2.24. The van der Waals surface area contributed by atoms with Crippen LogP contribution in [0.2, 0.25) is 0 Å². The largest absolute Gasteiger partial charge is 0.391 e. The molecule has 1 unspecified atom stereocenters. The molecule has 1 saturated heterocycles. The molecule has 8 nitrogen and oxygen atoms in total. The first-order valence-electron chi connectivity index (χ1n) is 7.30. The Morgan fingerprint density at radius 1 is 1.62 bits per heavy atom. The van der Waals surface area contributed by atoms with Crippen molar-refractivity contribution in [3.8, 4) is 11.8 Å². The standard InChI is InChI=1S/C15H17FN4O4/c1-3-5-15(16)10(22)9(7(2)21)24-13(15)20-6-4-8-11(20)18-14(17)19-12(8)23/h4,6-7,9-10,13,21-22H,1-2H3,(H3,17,18,19,23)/t7-,9+,10?,13+,15+/m0/s1. The predicted molar refractivity (Wildman–Crippen MR) is 83.7 cm³/mol. The zero-order chi connectivity index (χ0) is 17.6. The summed E-state index contributed by atoms with van der Waals surface area (Å²) in [5.74, 6) is 4.61. The smallest absolute Gasteiger partial charge is 0.261 e. The van der Waals surface area contributed by atoms with Crippen LogP contribution in [0.4, 0.5) is 10.3 Å². The zero-order valence-corrected chi connectivity index (χ0v) is 13.0. The molecule has 1 fully saturated rings. The molecule has 0 spiro atoms. The van der Waals surface area contributed by atoms with Gasteiger partial charge in [0.05, 0.1) is 11.5 Å². The van der Waals surface area contributed by atoms with Gasteiger partial charge in [-0.15, -0.1) is 5.92 Å². The molecule has 1 aliphatic rings. The number of rotatable bonds is 2. The number of aromatic nitrogens is 3. The second kappa shape index (κ2) is 5.59. The highest BCUT2D eigenvalue weighted by Gasteiger charge is 2.59. The molecule has 128 valence electrons. The number of alkyl halides is 1. The van der Waals surface area contributed by atoms with E-state index in [1.807, 2.05) is 0 Å². The van der Waals surface area contributed by atoms with Crippen LogP contribution in [0.1, 0.15) is 20.1 Å². The Morgan fingerprint density at radius 2 is 2.33 bits per heavy atom. The number of nitrogens with zero attached hydrogens (tertiary/aromatic N) is 2. The van der Waals surface area contributed by atoms with Gasteiger partial charge in [0.15, 0.2) is 11.9 Å². The molecule has 3 rings (SSSR count). The summed E-state index contributed by atoms with van der Waals surface area (Å²) >= 11 is 0. The summed E-state index contributed by atoms with van der Waals surface area (Å²) < 4.78 is 22.2. The lowest BCUT2D eigenvalue weighted by atomic mass is 9.94. The zero-order valence-electron chi connectivity index (χ0n) is 13.0. The molecule has 0 saturated carbocycles. The lowest BCUT2D eigenvalue weighted by Crippen LogP contribution is -2.44. The maximum Gasteiger partial charge on any atom is 0.261 e. The molecule has 0 bridgehead atoms. The number of hydrogen-bond acceptors (Lipinski definition) is 6. The Bertz CT molecular complexity index is 896. The number of nitrogen functional groups attached to an aromatic ring is 1. The third-order valence-corrected chi connectivity index (χ3v) is 4.03. The highest BCUT2D eigenvalue weighted by Crippen LogP contribution is 2.43. The molecular weight excluding hydrogens is 319 g/mol. The fourth-order valence-electron chi connectivity index (χ4n) is 2.93. The lowest BCUT2D eigenvalue weighted by molar-refractivity contribution is -0.0775. The quantitative estimate of drug-likeness (QED) is 0.557. The van der Waals surface area contributed by atoms with Crippen LogP contribution in [0.25, 0.3) is 11.0 Å². The van der Waals surface area contributed by atoms with Crippen LogP contribution in [-0.2, 0) is 4.74 Å². The van der Waals surface area contributed by atoms with Crippen molar-refractivity contribution < 1.29 is 19.3 Å². The number of ether oxygens (including phenoxy) is 1. The van der Waals surface area contributed by atoms with E-state index in [1.54, 1.807) is 0 Å². The van der Waals surface area contributed by atoms with Gasteiger partial charge in [-0.3, -0.25) is 9.78 Å². The molecule has 1 aliphatic heterocycles. The number of fused-ring (bicyclic) bond motifs is 1. The third kappa shape index (κ3) is 2.27. The van der Waals surface area contributed by atoms with Crippen LogP contribution in [0, 0.1) is 11.8 Å². The van der Waals surface area contributed by atoms with Gasteiger partial charge in [-0.2, -0.15) is 4.98 Å². The first kappa shape index (κ1) is 16.4. The fourth-order valence-corrected chi connectivity index (χ4v) is 2.93. The maximum atomic E-state index is 15.4. The summed E-state index contributed by atoms with van der Waals surface area (Å²) in [4.78, 5) is 18.3. The fraction of sp³-hybridized carbons (Fsp3) is 0.467. The second-order valence-corrected chi connectivity index (χ2v) is 5.69. The number of halogens is 1. The molecule has 2 aromatic rings. The molecular formula is C15H17FN4O4. The molecule has 5 atom stereocenters. The molecule has 2 aromatic heterocycles. The average Bonchev–Trinajstić information content (AvgIpc) is 3.00.